The molecule has 0 saturated heterocycles. The van der Waals surface area contributed by atoms with E-state index in [4.69, 9.17) is 4.74 Å². The summed E-state index contributed by atoms with van der Waals surface area (Å²) in [4.78, 5) is 24.8. The minimum Gasteiger partial charge on any atom is -0.478 e. The highest BCUT2D eigenvalue weighted by atomic mass is 16.5. The molecule has 188 valence electrons. The second kappa shape index (κ2) is 22.9. The highest BCUT2D eigenvalue weighted by Crippen LogP contribution is 2.22. The third kappa shape index (κ3) is 17.3. The molecule has 0 fully saturated rings. The number of aliphatic carboxylic acids is 1. The highest BCUT2D eigenvalue weighted by molar-refractivity contribution is 5.99. The molecule has 0 aliphatic carbocycles. The number of carboxylic acids is 1. The van der Waals surface area contributed by atoms with Gasteiger partial charge >= 0.3 is 11.9 Å². The maximum absolute atomic E-state index is 12.8. The second-order valence-corrected chi connectivity index (χ2v) is 9.20. The number of carbonyl (C=O) groups is 2. The van der Waals surface area contributed by atoms with Crippen LogP contribution in [0.5, 0.6) is 0 Å². The van der Waals surface area contributed by atoms with Gasteiger partial charge in [-0.2, -0.15) is 0 Å². The lowest BCUT2D eigenvalue weighted by atomic mass is 9.96. The second-order valence-electron chi connectivity index (χ2n) is 9.20. The van der Waals surface area contributed by atoms with Crippen molar-refractivity contribution < 1.29 is 19.4 Å². The normalized spacial score (nSPS) is 12.0. The third-order valence-electron chi connectivity index (χ3n) is 6.16. The Morgan fingerprint density at radius 2 is 0.906 bits per heavy atom. The summed E-state index contributed by atoms with van der Waals surface area (Å²) in [7, 11) is 0. The number of hydrogen-bond donors (Lipinski definition) is 1. The minimum atomic E-state index is -0.948. The zero-order valence-electron chi connectivity index (χ0n) is 21.5. The molecule has 0 unspecified atom stereocenters. The van der Waals surface area contributed by atoms with Gasteiger partial charge in [0.05, 0.1) is 6.61 Å². The van der Waals surface area contributed by atoms with E-state index in [1.165, 1.54) is 64.2 Å². The largest absolute Gasteiger partial charge is 0.478 e. The average molecular weight is 453 g/mol. The van der Waals surface area contributed by atoms with Crippen molar-refractivity contribution in [1.29, 1.82) is 0 Å². The molecule has 0 amide bonds. The Morgan fingerprint density at radius 1 is 0.531 bits per heavy atom. The fraction of sp³-hybridized carbons (Fsp3) is 0.857. The number of rotatable bonds is 23. The fourth-order valence-electron chi connectivity index (χ4n) is 4.06. The van der Waals surface area contributed by atoms with Crippen LogP contribution in [0.1, 0.15) is 149 Å². The summed E-state index contributed by atoms with van der Waals surface area (Å²) >= 11 is 0. The van der Waals surface area contributed by atoms with Crippen molar-refractivity contribution in [3.63, 3.8) is 0 Å². The van der Waals surface area contributed by atoms with Crippen molar-refractivity contribution in [3.05, 3.63) is 11.1 Å². The summed E-state index contributed by atoms with van der Waals surface area (Å²) in [5, 5.41) is 9.83. The molecule has 0 aromatic heterocycles. The van der Waals surface area contributed by atoms with Gasteiger partial charge in [0.15, 0.2) is 0 Å². The highest BCUT2D eigenvalue weighted by Gasteiger charge is 2.21. The van der Waals surface area contributed by atoms with E-state index < -0.39 is 11.9 Å². The molecule has 0 rings (SSSR count). The summed E-state index contributed by atoms with van der Waals surface area (Å²) < 4.78 is 5.54. The van der Waals surface area contributed by atoms with Crippen LogP contribution in [-0.2, 0) is 14.3 Å². The van der Waals surface area contributed by atoms with Crippen molar-refractivity contribution in [1.82, 2.24) is 0 Å². The summed E-state index contributed by atoms with van der Waals surface area (Å²) in [6.45, 7) is 6.98. The van der Waals surface area contributed by atoms with Gasteiger partial charge in [0.1, 0.15) is 0 Å². The van der Waals surface area contributed by atoms with Gasteiger partial charge in [0.25, 0.3) is 0 Å². The molecular formula is C28H52O4. The molecule has 0 aromatic carbocycles. The van der Waals surface area contributed by atoms with E-state index in [0.717, 1.165) is 51.4 Å². The number of carbonyl (C=O) groups excluding carboxylic acids is 1. The summed E-state index contributed by atoms with van der Waals surface area (Å²) in [6.07, 6.45) is 21.1. The maximum Gasteiger partial charge on any atom is 0.334 e. The fourth-order valence-corrected chi connectivity index (χ4v) is 4.06. The molecule has 0 radical (unpaired) electrons. The lowest BCUT2D eigenvalue weighted by molar-refractivity contribution is -0.140. The van der Waals surface area contributed by atoms with Gasteiger partial charge < -0.3 is 9.84 Å². The van der Waals surface area contributed by atoms with Crippen LogP contribution in [0.4, 0.5) is 0 Å². The zero-order valence-corrected chi connectivity index (χ0v) is 21.5. The number of unbranched alkanes of at least 4 members (excludes halogenated alkanes) is 15. The number of ether oxygens (including phenoxy) is 1. The van der Waals surface area contributed by atoms with Crippen LogP contribution in [0.25, 0.3) is 0 Å². The van der Waals surface area contributed by atoms with E-state index in [9.17, 15) is 14.7 Å². The van der Waals surface area contributed by atoms with Crippen molar-refractivity contribution in [2.45, 2.75) is 149 Å². The SMILES string of the molecule is CCCCCCCCOC(=O)/C(CCCCCCCC)=C(/CCCCCCCC)C(=O)O. The Labute approximate surface area is 198 Å². The standard InChI is InChI=1S/C28H52O4/c1-4-7-10-13-16-19-22-25(27(29)30)26(23-20-17-14-11-8-5-2)28(31)32-24-21-18-15-12-9-6-3/h4-24H2,1-3H3,(H,29,30)/b26-25-. The van der Waals surface area contributed by atoms with Crippen LogP contribution < -0.4 is 0 Å². The summed E-state index contributed by atoms with van der Waals surface area (Å²) in [5.41, 5.74) is 0.717. The maximum atomic E-state index is 12.8. The quantitative estimate of drug-likeness (QED) is 0.0955. The Bertz CT molecular complexity index is 496. The van der Waals surface area contributed by atoms with Gasteiger partial charge in [0, 0.05) is 11.1 Å². The van der Waals surface area contributed by atoms with Gasteiger partial charge in [0.2, 0.25) is 0 Å². The predicted molar refractivity (Wildman–Crippen MR) is 135 cm³/mol. The Balaban J connectivity index is 4.81. The van der Waals surface area contributed by atoms with Crippen molar-refractivity contribution in [2.24, 2.45) is 0 Å². The first kappa shape index (κ1) is 30.7. The van der Waals surface area contributed by atoms with E-state index in [1.54, 1.807) is 0 Å². The molecule has 4 heteroatoms. The monoisotopic (exact) mass is 452 g/mol. The molecule has 1 N–H and O–H groups in total. The molecule has 0 aliphatic rings. The predicted octanol–water partition coefficient (Wildman–Crippen LogP) is 8.77. The molecule has 0 atom stereocenters. The van der Waals surface area contributed by atoms with Crippen molar-refractivity contribution in [3.8, 4) is 0 Å². The Kier molecular flexibility index (Phi) is 21.9. The number of hydrogen-bond acceptors (Lipinski definition) is 3. The average Bonchev–Trinajstić information content (AvgIpc) is 2.78. The van der Waals surface area contributed by atoms with Gasteiger partial charge in [-0.15, -0.1) is 0 Å². The van der Waals surface area contributed by atoms with E-state index in [1.807, 2.05) is 0 Å². The molecule has 0 aliphatic heterocycles. The Morgan fingerprint density at radius 3 is 1.34 bits per heavy atom. The van der Waals surface area contributed by atoms with Gasteiger partial charge in [-0.05, 0) is 32.1 Å². The van der Waals surface area contributed by atoms with Crippen LogP contribution in [0, 0.1) is 0 Å². The van der Waals surface area contributed by atoms with Gasteiger partial charge in [-0.25, -0.2) is 9.59 Å². The van der Waals surface area contributed by atoms with Gasteiger partial charge in [-0.3, -0.25) is 0 Å². The van der Waals surface area contributed by atoms with Crippen LogP contribution in [0.15, 0.2) is 11.1 Å². The van der Waals surface area contributed by atoms with Gasteiger partial charge in [-0.1, -0.05) is 117 Å². The number of esters is 1. The van der Waals surface area contributed by atoms with E-state index in [-0.39, 0.29) is 0 Å². The molecule has 4 nitrogen and oxygen atoms in total. The van der Waals surface area contributed by atoms with Crippen LogP contribution in [-0.4, -0.2) is 23.7 Å². The minimum absolute atomic E-state index is 0.294. The smallest absolute Gasteiger partial charge is 0.334 e. The lowest BCUT2D eigenvalue weighted by Gasteiger charge is -2.13. The summed E-state index contributed by atoms with van der Waals surface area (Å²) in [5.74, 6) is -1.34. The van der Waals surface area contributed by atoms with Crippen molar-refractivity contribution in [2.75, 3.05) is 6.61 Å². The van der Waals surface area contributed by atoms with Crippen LogP contribution in [0.3, 0.4) is 0 Å². The third-order valence-corrected chi connectivity index (χ3v) is 6.16. The van der Waals surface area contributed by atoms with E-state index in [0.29, 0.717) is 30.6 Å². The molecule has 32 heavy (non-hydrogen) atoms. The number of carboxylic acid groups (broad SMARTS) is 1. The molecule has 0 bridgehead atoms. The topological polar surface area (TPSA) is 63.6 Å². The lowest BCUT2D eigenvalue weighted by Crippen LogP contribution is -2.16. The molecule has 0 aromatic rings. The van der Waals surface area contributed by atoms with Crippen molar-refractivity contribution >= 4 is 11.9 Å². The molecule has 0 saturated carbocycles. The first-order chi connectivity index (χ1) is 15.6. The van der Waals surface area contributed by atoms with Crippen LogP contribution >= 0.6 is 0 Å². The first-order valence-electron chi connectivity index (χ1n) is 13.7. The Hall–Kier alpha value is -1.32. The molecule has 0 spiro atoms. The first-order valence-corrected chi connectivity index (χ1v) is 13.7. The zero-order chi connectivity index (χ0) is 23.9. The molecule has 0 heterocycles. The van der Waals surface area contributed by atoms with E-state index >= 15 is 0 Å². The molecular weight excluding hydrogens is 400 g/mol. The summed E-state index contributed by atoms with van der Waals surface area (Å²) in [6, 6.07) is 0. The van der Waals surface area contributed by atoms with E-state index in [2.05, 4.69) is 20.8 Å². The van der Waals surface area contributed by atoms with Crippen LogP contribution in [0.2, 0.25) is 0 Å².